The van der Waals surface area contributed by atoms with Crippen LogP contribution in [-0.2, 0) is 4.79 Å². The van der Waals surface area contributed by atoms with E-state index in [0.29, 0.717) is 27.4 Å². The van der Waals surface area contributed by atoms with Crippen LogP contribution in [0.2, 0.25) is 0 Å². The molecule has 0 bridgehead atoms. The maximum Gasteiger partial charge on any atom is 0.291 e. The summed E-state index contributed by atoms with van der Waals surface area (Å²) in [5.41, 5.74) is 2.59. The molecule has 0 saturated carbocycles. The number of rotatable bonds is 4. The molecule has 0 fully saturated rings. The Hall–Kier alpha value is -2.84. The number of hydrogen-bond acceptors (Lipinski definition) is 5. The van der Waals surface area contributed by atoms with Crippen molar-refractivity contribution >= 4 is 49.4 Å². The summed E-state index contributed by atoms with van der Waals surface area (Å²) in [6, 6.07) is 15.3. The molecule has 2 aromatic heterocycles. The molecule has 0 radical (unpaired) electrons. The first-order chi connectivity index (χ1) is 14.6. The topological polar surface area (TPSA) is 67.6 Å². The van der Waals surface area contributed by atoms with Gasteiger partial charge in [-0.25, -0.2) is 0 Å². The fourth-order valence-corrected chi connectivity index (χ4v) is 5.01. The van der Waals surface area contributed by atoms with Crippen molar-refractivity contribution in [3.05, 3.63) is 73.5 Å². The molecule has 3 heterocycles. The zero-order valence-corrected chi connectivity index (χ0v) is 18.5. The van der Waals surface area contributed by atoms with E-state index in [2.05, 4.69) is 32.9 Å². The summed E-state index contributed by atoms with van der Waals surface area (Å²) >= 11 is 4.70. The number of aromatic nitrogens is 3. The third-order valence-electron chi connectivity index (χ3n) is 5.13. The van der Waals surface area contributed by atoms with Crippen LogP contribution in [0.25, 0.3) is 21.9 Å². The van der Waals surface area contributed by atoms with Crippen molar-refractivity contribution in [2.45, 2.75) is 19.8 Å². The second-order valence-corrected chi connectivity index (χ2v) is 8.97. The minimum atomic E-state index is -0.309. The van der Waals surface area contributed by atoms with E-state index in [1.165, 1.54) is 15.9 Å². The summed E-state index contributed by atoms with van der Waals surface area (Å²) in [6.07, 6.45) is 1.88. The largest absolute Gasteiger partial charge is 0.308 e. The van der Waals surface area contributed by atoms with E-state index >= 15 is 0 Å². The molecule has 6 nitrogen and oxygen atoms in total. The Kier molecular flexibility index (Phi) is 4.75. The van der Waals surface area contributed by atoms with Gasteiger partial charge in [0.25, 0.3) is 11.5 Å². The van der Waals surface area contributed by atoms with Crippen LogP contribution < -0.4 is 15.0 Å². The Balaban J connectivity index is 1.72. The van der Waals surface area contributed by atoms with Crippen LogP contribution >= 0.6 is 27.3 Å². The van der Waals surface area contributed by atoms with Gasteiger partial charge in [0.15, 0.2) is 5.82 Å². The highest BCUT2D eigenvalue weighted by atomic mass is 79.9. The molecular weight excluding hydrogens is 464 g/mol. The monoisotopic (exact) mass is 480 g/mol. The molecular formula is C22H17BrN4O2S. The van der Waals surface area contributed by atoms with Crippen molar-refractivity contribution in [1.29, 1.82) is 0 Å². The number of carbonyl (C=O) groups is 1. The average Bonchev–Trinajstić information content (AvgIpc) is 3.38. The van der Waals surface area contributed by atoms with Crippen LogP contribution in [0.4, 0.5) is 5.69 Å². The van der Waals surface area contributed by atoms with Gasteiger partial charge >= 0.3 is 0 Å². The van der Waals surface area contributed by atoms with Gasteiger partial charge in [-0.05, 0) is 24.6 Å². The Morgan fingerprint density at radius 3 is 2.63 bits per heavy atom. The number of fused-ring (bicyclic) bond motifs is 2. The van der Waals surface area contributed by atoms with Gasteiger partial charge in [0.2, 0.25) is 4.96 Å². The second kappa shape index (κ2) is 7.45. The van der Waals surface area contributed by atoms with Crippen molar-refractivity contribution in [1.82, 2.24) is 14.6 Å². The lowest BCUT2D eigenvalue weighted by molar-refractivity contribution is -0.113. The van der Waals surface area contributed by atoms with Crippen LogP contribution in [0, 0.1) is 0 Å². The Bertz CT molecular complexity index is 1390. The van der Waals surface area contributed by atoms with Gasteiger partial charge in [0.05, 0.1) is 11.3 Å². The summed E-state index contributed by atoms with van der Waals surface area (Å²) in [7, 11) is 0. The normalized spacial score (nSPS) is 15.3. The fraction of sp³-hybridized carbons (Fsp3) is 0.182. The van der Waals surface area contributed by atoms with Crippen molar-refractivity contribution in [2.75, 3.05) is 11.4 Å². The summed E-state index contributed by atoms with van der Waals surface area (Å²) in [4.78, 5) is 33.3. The number of amides is 1. The number of thiazole rings is 1. The van der Waals surface area contributed by atoms with Crippen LogP contribution in [0.15, 0.2) is 57.8 Å². The smallest absolute Gasteiger partial charge is 0.291 e. The number of unbranched alkanes of at least 4 members (excludes halogenated alkanes) is 1. The standard InChI is InChI=1S/C22H17BrN4O2S/c1-2-3-11-26-16-10-9-14(23)12-15(16)17(20(26)28)18-21(29)27-22(30-18)24-19(25-27)13-7-5-4-6-8-13/h4-10,12H,2-3,11H2,1H3. The molecule has 150 valence electrons. The molecule has 1 aliphatic heterocycles. The average molecular weight is 481 g/mol. The molecule has 2 aromatic carbocycles. The molecule has 0 unspecified atom stereocenters. The van der Waals surface area contributed by atoms with Crippen molar-refractivity contribution in [3.63, 3.8) is 0 Å². The highest BCUT2D eigenvalue weighted by molar-refractivity contribution is 9.10. The highest BCUT2D eigenvalue weighted by Crippen LogP contribution is 2.37. The molecule has 4 aromatic rings. The maximum atomic E-state index is 13.3. The molecule has 30 heavy (non-hydrogen) atoms. The lowest BCUT2D eigenvalue weighted by Crippen LogP contribution is -2.33. The Morgan fingerprint density at radius 1 is 1.10 bits per heavy atom. The zero-order valence-electron chi connectivity index (χ0n) is 16.1. The van der Waals surface area contributed by atoms with Crippen molar-refractivity contribution < 1.29 is 4.79 Å². The predicted octanol–water partition coefficient (Wildman–Crippen LogP) is 3.65. The number of carbonyl (C=O) groups excluding carboxylic acids is 1. The molecule has 1 aliphatic rings. The molecule has 0 atom stereocenters. The number of benzene rings is 2. The Labute approximate surface area is 184 Å². The van der Waals surface area contributed by atoms with E-state index in [9.17, 15) is 9.59 Å². The van der Waals surface area contributed by atoms with Crippen LogP contribution in [-0.4, -0.2) is 27.0 Å². The van der Waals surface area contributed by atoms with Gasteiger partial charge in [-0.15, -0.1) is 5.10 Å². The van der Waals surface area contributed by atoms with E-state index in [-0.39, 0.29) is 11.5 Å². The number of anilines is 1. The molecule has 0 spiro atoms. The minimum Gasteiger partial charge on any atom is -0.308 e. The first-order valence-corrected chi connectivity index (χ1v) is 11.3. The van der Waals surface area contributed by atoms with Gasteiger partial charge in [-0.2, -0.15) is 9.50 Å². The molecule has 8 heteroatoms. The molecule has 5 rings (SSSR count). The van der Waals surface area contributed by atoms with Crippen LogP contribution in [0.1, 0.15) is 25.3 Å². The van der Waals surface area contributed by atoms with Gasteiger partial charge in [0.1, 0.15) is 4.53 Å². The van der Waals surface area contributed by atoms with Gasteiger partial charge in [0, 0.05) is 22.1 Å². The maximum absolute atomic E-state index is 13.3. The predicted molar refractivity (Wildman–Crippen MR) is 122 cm³/mol. The van der Waals surface area contributed by atoms with Crippen molar-refractivity contribution in [3.8, 4) is 11.4 Å². The van der Waals surface area contributed by atoms with E-state index in [1.54, 1.807) is 4.90 Å². The SMILES string of the molecule is CCCCN1C(=O)C(=c2sc3nc(-c4ccccc4)nn3c2=O)c2cc(Br)ccc21. The van der Waals surface area contributed by atoms with Crippen LogP contribution in [0.5, 0.6) is 0 Å². The minimum absolute atomic E-state index is 0.138. The van der Waals surface area contributed by atoms with E-state index in [1.807, 2.05) is 48.5 Å². The van der Waals surface area contributed by atoms with Crippen LogP contribution in [0.3, 0.4) is 0 Å². The molecule has 1 amide bonds. The third-order valence-corrected chi connectivity index (χ3v) is 6.65. The number of hydrogen-bond donors (Lipinski definition) is 0. The molecule has 0 aliphatic carbocycles. The molecule has 0 N–H and O–H groups in total. The summed E-state index contributed by atoms with van der Waals surface area (Å²) in [6.45, 7) is 2.72. The first kappa shape index (κ1) is 19.1. The fourth-order valence-electron chi connectivity index (χ4n) is 3.66. The van der Waals surface area contributed by atoms with Crippen molar-refractivity contribution in [2.24, 2.45) is 0 Å². The van der Waals surface area contributed by atoms with Gasteiger partial charge in [-0.1, -0.05) is 70.9 Å². The lowest BCUT2D eigenvalue weighted by atomic mass is 10.1. The van der Waals surface area contributed by atoms with Gasteiger partial charge < -0.3 is 4.90 Å². The summed E-state index contributed by atoms with van der Waals surface area (Å²) in [5.74, 6) is 0.363. The summed E-state index contributed by atoms with van der Waals surface area (Å²) < 4.78 is 2.55. The number of nitrogens with zero attached hydrogens (tertiary/aromatic N) is 4. The van der Waals surface area contributed by atoms with E-state index in [4.69, 9.17) is 0 Å². The zero-order chi connectivity index (χ0) is 20.8. The quantitative estimate of drug-likeness (QED) is 0.447. The number of halogens is 1. The molecule has 0 saturated heterocycles. The summed E-state index contributed by atoms with van der Waals surface area (Å²) in [5, 5.41) is 4.40. The second-order valence-electron chi connectivity index (χ2n) is 7.08. The van der Waals surface area contributed by atoms with E-state index < -0.39 is 0 Å². The first-order valence-electron chi connectivity index (χ1n) is 9.69. The van der Waals surface area contributed by atoms with Gasteiger partial charge in [-0.3, -0.25) is 9.59 Å². The lowest BCUT2D eigenvalue weighted by Gasteiger charge is -2.16. The Morgan fingerprint density at radius 2 is 1.90 bits per heavy atom. The highest BCUT2D eigenvalue weighted by Gasteiger charge is 2.34. The third kappa shape index (κ3) is 2.98. The van der Waals surface area contributed by atoms with E-state index in [0.717, 1.165) is 34.1 Å².